The van der Waals surface area contributed by atoms with Crippen LogP contribution < -0.4 is 5.32 Å². The van der Waals surface area contributed by atoms with Crippen LogP contribution in [0.3, 0.4) is 0 Å². The lowest BCUT2D eigenvalue weighted by atomic mass is 10.2. The van der Waals surface area contributed by atoms with Gasteiger partial charge in [0.1, 0.15) is 10.5 Å². The highest BCUT2D eigenvalue weighted by Gasteiger charge is 2.17. The average molecular weight is 331 g/mol. The lowest BCUT2D eigenvalue weighted by Crippen LogP contribution is -2.18. The van der Waals surface area contributed by atoms with E-state index in [1.54, 1.807) is 6.20 Å². The molecule has 0 amide bonds. The Balaban J connectivity index is 2.39. The molecule has 1 aromatic rings. The number of esters is 1. The Morgan fingerprint density at radius 1 is 1.50 bits per heavy atom. The molecule has 3 nitrogen and oxygen atoms in total. The zero-order valence-corrected chi connectivity index (χ0v) is 11.0. The van der Waals surface area contributed by atoms with Crippen molar-refractivity contribution in [1.82, 2.24) is 5.32 Å². The van der Waals surface area contributed by atoms with Gasteiger partial charge in [0.15, 0.2) is 0 Å². The zero-order chi connectivity index (χ0) is 11.8. The molecule has 1 atom stereocenters. The molecule has 0 aromatic heterocycles. The standard InChI is InChI=1S/C12H14INO2/c1-2-14-8-9-16-12(15)11(13)10-6-4-3-5-7-10/h2-7,11,14H,1,8-9H2. The summed E-state index contributed by atoms with van der Waals surface area (Å²) in [5, 5.41) is 2.87. The van der Waals surface area contributed by atoms with Gasteiger partial charge in [-0.15, -0.1) is 0 Å². The second-order valence-corrected chi connectivity index (χ2v) is 4.34. The number of rotatable bonds is 6. The van der Waals surface area contributed by atoms with Crippen LogP contribution in [0.2, 0.25) is 0 Å². The first-order valence-corrected chi connectivity index (χ1v) is 6.20. The molecule has 0 saturated heterocycles. The Hall–Kier alpha value is -1.04. The first kappa shape index (κ1) is 13.0. The van der Waals surface area contributed by atoms with Crippen LogP contribution in [0, 0.1) is 0 Å². The summed E-state index contributed by atoms with van der Waals surface area (Å²) in [6.45, 7) is 4.46. The first-order chi connectivity index (χ1) is 7.75. The summed E-state index contributed by atoms with van der Waals surface area (Å²) in [6, 6.07) is 9.58. The maximum atomic E-state index is 11.6. The summed E-state index contributed by atoms with van der Waals surface area (Å²) in [4.78, 5) is 11.6. The van der Waals surface area contributed by atoms with Crippen molar-refractivity contribution >= 4 is 28.6 Å². The van der Waals surface area contributed by atoms with Crippen molar-refractivity contribution in [3.63, 3.8) is 0 Å². The number of carbonyl (C=O) groups is 1. The molecule has 4 heteroatoms. The molecular weight excluding hydrogens is 317 g/mol. The monoisotopic (exact) mass is 331 g/mol. The Morgan fingerprint density at radius 3 is 2.81 bits per heavy atom. The fourth-order valence-electron chi connectivity index (χ4n) is 1.14. The van der Waals surface area contributed by atoms with Crippen LogP contribution in [0.4, 0.5) is 0 Å². The molecule has 1 unspecified atom stereocenters. The molecule has 0 aliphatic carbocycles. The first-order valence-electron chi connectivity index (χ1n) is 4.95. The van der Waals surface area contributed by atoms with Crippen LogP contribution in [-0.2, 0) is 9.53 Å². The second kappa shape index (κ2) is 7.27. The minimum absolute atomic E-state index is 0.210. The van der Waals surface area contributed by atoms with Gasteiger partial charge in [0.05, 0.1) is 0 Å². The lowest BCUT2D eigenvalue weighted by molar-refractivity contribution is -0.142. The van der Waals surface area contributed by atoms with E-state index >= 15 is 0 Å². The summed E-state index contributed by atoms with van der Waals surface area (Å²) in [6.07, 6.45) is 1.58. The number of halogens is 1. The van der Waals surface area contributed by atoms with E-state index in [1.807, 2.05) is 30.3 Å². The Morgan fingerprint density at radius 2 is 2.19 bits per heavy atom. The molecule has 0 saturated carbocycles. The van der Waals surface area contributed by atoms with Gasteiger partial charge in [-0.2, -0.15) is 0 Å². The predicted octanol–water partition coefficient (Wildman–Crippen LogP) is 2.44. The van der Waals surface area contributed by atoms with Crippen molar-refractivity contribution in [2.45, 2.75) is 3.92 Å². The minimum Gasteiger partial charge on any atom is -0.463 e. The predicted molar refractivity (Wildman–Crippen MR) is 72.4 cm³/mol. The Bertz CT molecular complexity index is 340. The molecule has 0 bridgehead atoms. The van der Waals surface area contributed by atoms with E-state index in [0.29, 0.717) is 13.2 Å². The highest BCUT2D eigenvalue weighted by Crippen LogP contribution is 2.24. The van der Waals surface area contributed by atoms with Crippen LogP contribution in [-0.4, -0.2) is 19.1 Å². The van der Waals surface area contributed by atoms with Gasteiger partial charge in [-0.3, -0.25) is 4.79 Å². The van der Waals surface area contributed by atoms with Gasteiger partial charge in [-0.25, -0.2) is 0 Å². The van der Waals surface area contributed by atoms with Crippen LogP contribution in [0.25, 0.3) is 0 Å². The molecule has 1 aromatic carbocycles. The number of ether oxygens (including phenoxy) is 1. The van der Waals surface area contributed by atoms with Crippen molar-refractivity contribution in [3.8, 4) is 0 Å². The van der Waals surface area contributed by atoms with Gasteiger partial charge < -0.3 is 10.1 Å². The van der Waals surface area contributed by atoms with Crippen LogP contribution in [0.1, 0.15) is 9.49 Å². The third kappa shape index (κ3) is 4.22. The maximum Gasteiger partial charge on any atom is 0.323 e. The van der Waals surface area contributed by atoms with E-state index in [9.17, 15) is 4.79 Å². The van der Waals surface area contributed by atoms with Gasteiger partial charge in [-0.05, 0) is 11.8 Å². The van der Waals surface area contributed by atoms with E-state index in [2.05, 4.69) is 34.5 Å². The van der Waals surface area contributed by atoms with Crippen molar-refractivity contribution in [2.75, 3.05) is 13.2 Å². The molecule has 0 heterocycles. The van der Waals surface area contributed by atoms with Crippen molar-refractivity contribution in [2.24, 2.45) is 0 Å². The molecule has 0 aliphatic heterocycles. The SMILES string of the molecule is C=CNCCOC(=O)C(I)c1ccccc1. The maximum absolute atomic E-state index is 11.6. The molecule has 0 spiro atoms. The lowest BCUT2D eigenvalue weighted by Gasteiger charge is -2.10. The van der Waals surface area contributed by atoms with Gasteiger partial charge in [0.25, 0.3) is 0 Å². The topological polar surface area (TPSA) is 38.3 Å². The van der Waals surface area contributed by atoms with Crippen LogP contribution in [0.15, 0.2) is 43.1 Å². The third-order valence-corrected chi connectivity index (χ3v) is 3.16. The minimum atomic E-state index is -0.248. The average Bonchev–Trinajstić information content (AvgIpc) is 2.34. The van der Waals surface area contributed by atoms with E-state index in [-0.39, 0.29) is 9.89 Å². The summed E-state index contributed by atoms with van der Waals surface area (Å²) in [5.41, 5.74) is 0.963. The molecule has 1 rings (SSSR count). The van der Waals surface area contributed by atoms with Crippen molar-refractivity contribution < 1.29 is 9.53 Å². The third-order valence-electron chi connectivity index (χ3n) is 1.93. The number of benzene rings is 1. The fourth-order valence-corrected chi connectivity index (χ4v) is 1.74. The largest absolute Gasteiger partial charge is 0.463 e. The van der Waals surface area contributed by atoms with E-state index in [0.717, 1.165) is 5.56 Å². The smallest absolute Gasteiger partial charge is 0.323 e. The summed E-state index contributed by atoms with van der Waals surface area (Å²) >= 11 is 2.08. The number of alkyl halides is 1. The summed E-state index contributed by atoms with van der Waals surface area (Å²) in [5.74, 6) is -0.210. The molecule has 0 radical (unpaired) electrons. The van der Waals surface area contributed by atoms with E-state index in [4.69, 9.17) is 4.74 Å². The number of carbonyl (C=O) groups excluding carboxylic acids is 1. The quantitative estimate of drug-likeness (QED) is 0.377. The highest BCUT2D eigenvalue weighted by atomic mass is 127. The molecule has 16 heavy (non-hydrogen) atoms. The normalized spacial score (nSPS) is 11.6. The highest BCUT2D eigenvalue weighted by molar-refractivity contribution is 14.1. The van der Waals surface area contributed by atoms with Crippen molar-refractivity contribution in [1.29, 1.82) is 0 Å². The van der Waals surface area contributed by atoms with Gasteiger partial charge >= 0.3 is 5.97 Å². The molecular formula is C12H14INO2. The fraction of sp³-hybridized carbons (Fsp3) is 0.250. The molecule has 86 valence electrons. The Labute approximate surface area is 109 Å². The Kier molecular flexibility index (Phi) is 5.92. The second-order valence-electron chi connectivity index (χ2n) is 3.10. The van der Waals surface area contributed by atoms with Crippen LogP contribution >= 0.6 is 22.6 Å². The molecule has 0 aliphatic rings. The number of nitrogens with one attached hydrogen (secondary N) is 1. The van der Waals surface area contributed by atoms with Gasteiger partial charge in [0.2, 0.25) is 0 Å². The van der Waals surface area contributed by atoms with Gasteiger partial charge in [-0.1, -0.05) is 59.5 Å². The van der Waals surface area contributed by atoms with Gasteiger partial charge in [0, 0.05) is 6.54 Å². The molecule has 1 N–H and O–H groups in total. The molecule has 0 fully saturated rings. The summed E-state index contributed by atoms with van der Waals surface area (Å²) in [7, 11) is 0. The van der Waals surface area contributed by atoms with E-state index < -0.39 is 0 Å². The van der Waals surface area contributed by atoms with E-state index in [1.165, 1.54) is 0 Å². The number of hydrogen-bond acceptors (Lipinski definition) is 3. The number of hydrogen-bond donors (Lipinski definition) is 1. The van der Waals surface area contributed by atoms with Crippen LogP contribution in [0.5, 0.6) is 0 Å². The summed E-state index contributed by atoms with van der Waals surface area (Å²) < 4.78 is 4.86. The zero-order valence-electron chi connectivity index (χ0n) is 8.86. The van der Waals surface area contributed by atoms with Crippen molar-refractivity contribution in [3.05, 3.63) is 48.7 Å².